The summed E-state index contributed by atoms with van der Waals surface area (Å²) in [5.41, 5.74) is 0. The molecule has 0 radical (unpaired) electrons. The minimum absolute atomic E-state index is 6.19. The zero-order chi connectivity index (χ0) is 21.1. The molecular weight excluding hydrogens is 439 g/mol. The Labute approximate surface area is 127 Å². The molecule has 25 heavy (non-hydrogen) atoms. The molecule has 18 heteroatoms. The zero-order valence-electron chi connectivity index (χ0n) is 10.3. The summed E-state index contributed by atoms with van der Waals surface area (Å²) < 4.78 is 209. The standard InChI is InChI=1S/C7F17S/c8-1(9,2(10,11)4(14,15)6(18,19)20)3(12,13)5(16,17)7(21,22)25(23)24/q+1. The van der Waals surface area contributed by atoms with E-state index in [0.29, 0.717) is 0 Å². The summed E-state index contributed by atoms with van der Waals surface area (Å²) in [6, 6.07) is 0. The topological polar surface area (TPSA) is 0 Å². The molecule has 0 aliphatic rings. The van der Waals surface area contributed by atoms with Crippen molar-refractivity contribution in [2.45, 2.75) is 41.0 Å². The maximum absolute atomic E-state index is 12.8. The Kier molecular flexibility index (Phi) is 5.64. The molecule has 0 saturated heterocycles. The average molecular weight is 439 g/mol. The second-order valence-electron chi connectivity index (χ2n) is 4.10. The Hall–Kier alpha value is -0.840. The van der Waals surface area contributed by atoms with Gasteiger partial charge in [0.05, 0.1) is 7.77 Å². The van der Waals surface area contributed by atoms with Crippen molar-refractivity contribution in [1.29, 1.82) is 0 Å². The number of hydrogen-bond donors (Lipinski definition) is 0. The maximum Gasteiger partial charge on any atom is 0.560 e. The molecule has 0 saturated carbocycles. The normalized spacial score (nSPS) is 16.6. The van der Waals surface area contributed by atoms with E-state index in [2.05, 4.69) is 0 Å². The summed E-state index contributed by atoms with van der Waals surface area (Å²) in [7, 11) is 0. The van der Waals surface area contributed by atoms with Crippen molar-refractivity contribution < 1.29 is 73.6 Å². The highest BCUT2D eigenvalue weighted by Gasteiger charge is 2.97. The monoisotopic (exact) mass is 439 g/mol. The average Bonchev–Trinajstić information content (AvgIpc) is 2.35. The third-order valence-electron chi connectivity index (χ3n) is 2.49. The molecule has 0 fully saturated rings. The second kappa shape index (κ2) is 5.83. The number of alkyl halides is 15. The van der Waals surface area contributed by atoms with Crippen LogP contribution in [0.15, 0.2) is 0 Å². The predicted octanol–water partition coefficient (Wildman–Crippen LogP) is 5.71. The van der Waals surface area contributed by atoms with Gasteiger partial charge in [0.1, 0.15) is 0 Å². The van der Waals surface area contributed by atoms with Crippen molar-refractivity contribution in [2.24, 2.45) is 0 Å². The molecule has 0 aliphatic heterocycles. The summed E-state index contributed by atoms with van der Waals surface area (Å²) in [4.78, 5) is 0. The zero-order valence-corrected chi connectivity index (χ0v) is 11.2. The molecule has 0 rings (SSSR count). The van der Waals surface area contributed by atoms with Crippen molar-refractivity contribution in [3.63, 3.8) is 0 Å². The van der Waals surface area contributed by atoms with Gasteiger partial charge >= 0.3 is 52.7 Å². The van der Waals surface area contributed by atoms with Gasteiger partial charge in [-0.2, -0.15) is 57.1 Å². The highest BCUT2D eigenvalue weighted by atomic mass is 32.3. The van der Waals surface area contributed by atoms with Gasteiger partial charge in [0.25, 0.3) is 0 Å². The van der Waals surface area contributed by atoms with Crippen LogP contribution >= 0.6 is 0 Å². The minimum atomic E-state index is -8.54. The van der Waals surface area contributed by atoms with E-state index in [1.807, 2.05) is 0 Å². The van der Waals surface area contributed by atoms with Crippen molar-refractivity contribution in [3.05, 3.63) is 0 Å². The first-order valence-corrected chi connectivity index (χ1v) is 5.87. The first-order valence-electron chi connectivity index (χ1n) is 4.85. The summed E-state index contributed by atoms with van der Waals surface area (Å²) in [6.07, 6.45) is -7.72. The van der Waals surface area contributed by atoms with E-state index in [1.54, 1.807) is 0 Å². The number of halogens is 17. The van der Waals surface area contributed by atoms with Crippen LogP contribution in [0.2, 0.25) is 0 Å². The molecule has 0 unspecified atom stereocenters. The van der Waals surface area contributed by atoms with Gasteiger partial charge in [-0.3, -0.25) is 0 Å². The highest BCUT2D eigenvalue weighted by molar-refractivity contribution is 7.88. The van der Waals surface area contributed by atoms with Crippen LogP contribution in [0.5, 0.6) is 0 Å². The van der Waals surface area contributed by atoms with E-state index in [9.17, 15) is 73.6 Å². The van der Waals surface area contributed by atoms with E-state index in [4.69, 9.17) is 0 Å². The molecule has 152 valence electrons. The van der Waals surface area contributed by atoms with Crippen LogP contribution in [0, 0.1) is 0 Å². The third kappa shape index (κ3) is 2.96. The Morgan fingerprint density at radius 1 is 0.360 bits per heavy atom. The predicted molar refractivity (Wildman–Crippen MR) is 45.3 cm³/mol. The molecule has 0 heterocycles. The summed E-state index contributed by atoms with van der Waals surface area (Å²) in [5, 5.41) is -7.47. The molecule has 0 aromatic rings. The van der Waals surface area contributed by atoms with Gasteiger partial charge in [-0.05, 0) is 0 Å². The fraction of sp³-hybridized carbons (Fsp3) is 1.00. The Morgan fingerprint density at radius 3 is 0.840 bits per heavy atom. The van der Waals surface area contributed by atoms with Crippen LogP contribution in [-0.2, 0) is 11.7 Å². The first-order chi connectivity index (χ1) is 10.4. The smallest absolute Gasteiger partial charge is 0.192 e. The quantitative estimate of drug-likeness (QED) is 0.368. The van der Waals surface area contributed by atoms with Gasteiger partial charge in [0.15, 0.2) is 0 Å². The SMILES string of the molecule is F[S+](F)C(F)(F)C(F)(F)C(F)(F)C(F)(F)C(F)(F)C(F)(F)C(F)(F)F. The van der Waals surface area contributed by atoms with Crippen molar-refractivity contribution >= 4 is 11.7 Å². The first kappa shape index (κ1) is 24.2. The van der Waals surface area contributed by atoms with Gasteiger partial charge in [-0.15, -0.1) is 8.78 Å². The summed E-state index contributed by atoms with van der Waals surface area (Å²) in [6.45, 7) is 0. The van der Waals surface area contributed by atoms with Crippen LogP contribution in [0.1, 0.15) is 0 Å². The van der Waals surface area contributed by atoms with Crippen molar-refractivity contribution in [2.75, 3.05) is 0 Å². The largest absolute Gasteiger partial charge is 0.560 e. The van der Waals surface area contributed by atoms with Crippen LogP contribution in [0.25, 0.3) is 0 Å². The lowest BCUT2D eigenvalue weighted by Crippen LogP contribution is -2.73. The third-order valence-corrected chi connectivity index (χ3v) is 3.14. The highest BCUT2D eigenvalue weighted by Crippen LogP contribution is 2.63. The molecular formula is C7F17S+. The molecule has 0 aliphatic carbocycles. The van der Waals surface area contributed by atoms with E-state index >= 15 is 0 Å². The Balaban J connectivity index is 6.50. The maximum atomic E-state index is 12.8. The molecule has 0 spiro atoms. The van der Waals surface area contributed by atoms with Gasteiger partial charge in [-0.25, -0.2) is 0 Å². The summed E-state index contributed by atoms with van der Waals surface area (Å²) >= 11 is -6.19. The molecule has 0 nitrogen and oxygen atoms in total. The molecule has 0 aromatic heterocycles. The lowest BCUT2D eigenvalue weighted by Gasteiger charge is -2.39. The van der Waals surface area contributed by atoms with Gasteiger partial charge in [-0.1, -0.05) is 0 Å². The lowest BCUT2D eigenvalue weighted by atomic mass is 9.94. The number of rotatable bonds is 6. The van der Waals surface area contributed by atoms with Gasteiger partial charge < -0.3 is 0 Å². The van der Waals surface area contributed by atoms with Crippen molar-refractivity contribution in [1.82, 2.24) is 0 Å². The van der Waals surface area contributed by atoms with Crippen LogP contribution in [0.4, 0.5) is 73.6 Å². The van der Waals surface area contributed by atoms with Crippen molar-refractivity contribution in [3.8, 4) is 0 Å². The molecule has 0 aromatic carbocycles. The fourth-order valence-electron chi connectivity index (χ4n) is 1.05. The molecule has 0 N–H and O–H groups in total. The van der Waals surface area contributed by atoms with Crippen LogP contribution in [-0.4, -0.2) is 41.0 Å². The molecule has 0 bridgehead atoms. The van der Waals surface area contributed by atoms with E-state index in [1.165, 1.54) is 0 Å². The Morgan fingerprint density at radius 2 is 0.600 bits per heavy atom. The minimum Gasteiger partial charge on any atom is -0.192 e. The van der Waals surface area contributed by atoms with E-state index < -0.39 is 52.7 Å². The summed E-state index contributed by atoms with van der Waals surface area (Å²) in [5.74, 6) is -41.7. The second-order valence-corrected chi connectivity index (χ2v) is 5.04. The van der Waals surface area contributed by atoms with Gasteiger partial charge in [0.2, 0.25) is 0 Å². The van der Waals surface area contributed by atoms with E-state index in [-0.39, 0.29) is 0 Å². The van der Waals surface area contributed by atoms with Crippen LogP contribution in [0.3, 0.4) is 0 Å². The molecule has 0 amide bonds. The van der Waals surface area contributed by atoms with E-state index in [0.717, 1.165) is 0 Å². The number of hydrogen-bond acceptors (Lipinski definition) is 0. The fourth-order valence-corrected chi connectivity index (χ4v) is 1.37. The van der Waals surface area contributed by atoms with Gasteiger partial charge in [0, 0.05) is 0 Å². The lowest BCUT2D eigenvalue weighted by molar-refractivity contribution is -0.447. The molecule has 0 atom stereocenters. The Bertz CT molecular complexity index is 486. The van der Waals surface area contributed by atoms with Crippen LogP contribution < -0.4 is 0 Å².